The molecule has 0 atom stereocenters. The highest BCUT2D eigenvalue weighted by Gasteiger charge is 2.03. The van der Waals surface area contributed by atoms with Gasteiger partial charge in [-0.15, -0.1) is 34.2 Å². The van der Waals surface area contributed by atoms with Gasteiger partial charge >= 0.3 is 0 Å². The maximum Gasteiger partial charge on any atom is 0.191 e. The quantitative estimate of drug-likeness (QED) is 0.265. The minimum Gasteiger partial charge on any atom is -0.355 e. The third kappa shape index (κ3) is 7.66. The fourth-order valence-corrected chi connectivity index (χ4v) is 3.01. The van der Waals surface area contributed by atoms with Crippen LogP contribution in [-0.2, 0) is 26.1 Å². The molecule has 0 radical (unpaired) electrons. The van der Waals surface area contributed by atoms with E-state index in [4.69, 9.17) is 16.6 Å². The second-order valence-corrected chi connectivity index (χ2v) is 6.79. The lowest BCUT2D eigenvalue weighted by Gasteiger charge is -2.14. The molecule has 0 bridgehead atoms. The minimum atomic E-state index is 0. The van der Waals surface area contributed by atoms with E-state index in [1.54, 1.807) is 6.33 Å². The highest BCUT2D eigenvalue weighted by atomic mass is 127. The first-order chi connectivity index (χ1) is 13.7. The van der Waals surface area contributed by atoms with Crippen molar-refractivity contribution in [3.63, 3.8) is 0 Å². The van der Waals surface area contributed by atoms with Gasteiger partial charge in [0.05, 0.1) is 6.54 Å². The summed E-state index contributed by atoms with van der Waals surface area (Å²) in [5.74, 6) is 1.74. The number of aryl methyl sites for hydroxylation is 1. The predicted molar refractivity (Wildman–Crippen MR) is 129 cm³/mol. The molecule has 0 aliphatic carbocycles. The van der Waals surface area contributed by atoms with E-state index in [1.165, 1.54) is 5.56 Å². The number of benzene rings is 2. The summed E-state index contributed by atoms with van der Waals surface area (Å²) < 4.78 is 2.05. The Bertz CT molecular complexity index is 897. The summed E-state index contributed by atoms with van der Waals surface area (Å²) in [5.41, 5.74) is 2.27. The summed E-state index contributed by atoms with van der Waals surface area (Å²) in [5, 5.41) is 15.6. The fourth-order valence-electron chi connectivity index (χ4n) is 2.80. The van der Waals surface area contributed by atoms with Crippen molar-refractivity contribution in [3.8, 4) is 0 Å². The Balaban J connectivity index is 0.00000300. The van der Waals surface area contributed by atoms with Gasteiger partial charge in [0.25, 0.3) is 0 Å². The van der Waals surface area contributed by atoms with Crippen molar-refractivity contribution in [2.45, 2.75) is 33.0 Å². The van der Waals surface area contributed by atoms with Crippen molar-refractivity contribution < 1.29 is 0 Å². The second-order valence-electron chi connectivity index (χ2n) is 6.35. The average Bonchev–Trinajstić information content (AvgIpc) is 3.18. The van der Waals surface area contributed by atoms with Crippen molar-refractivity contribution in [2.75, 3.05) is 6.54 Å². The third-order valence-corrected chi connectivity index (χ3v) is 4.50. The second kappa shape index (κ2) is 12.4. The minimum absolute atomic E-state index is 0. The number of halogens is 2. The van der Waals surface area contributed by atoms with Gasteiger partial charge < -0.3 is 15.2 Å². The van der Waals surface area contributed by atoms with Crippen LogP contribution in [0.5, 0.6) is 0 Å². The van der Waals surface area contributed by atoms with E-state index >= 15 is 0 Å². The molecule has 154 valence electrons. The van der Waals surface area contributed by atoms with E-state index in [0.29, 0.717) is 13.1 Å². The number of hydrogen-bond donors (Lipinski definition) is 2. The van der Waals surface area contributed by atoms with Crippen molar-refractivity contribution in [2.24, 2.45) is 4.99 Å². The van der Waals surface area contributed by atoms with Crippen LogP contribution in [0.2, 0.25) is 5.02 Å². The molecule has 1 aromatic heterocycles. The van der Waals surface area contributed by atoms with Crippen LogP contribution in [0.25, 0.3) is 0 Å². The molecule has 2 aromatic carbocycles. The van der Waals surface area contributed by atoms with Gasteiger partial charge in [-0.1, -0.05) is 61.0 Å². The Morgan fingerprint density at radius 1 is 1.07 bits per heavy atom. The molecule has 0 aliphatic heterocycles. The predicted octanol–water partition coefficient (Wildman–Crippen LogP) is 4.05. The molecule has 29 heavy (non-hydrogen) atoms. The summed E-state index contributed by atoms with van der Waals surface area (Å²) in [6.45, 7) is 4.83. The molecule has 0 aliphatic rings. The summed E-state index contributed by atoms with van der Waals surface area (Å²) in [4.78, 5) is 4.71. The smallest absolute Gasteiger partial charge is 0.191 e. The fraction of sp³-hybridized carbons (Fsp3) is 0.286. The Morgan fingerprint density at radius 2 is 1.86 bits per heavy atom. The molecule has 3 aromatic rings. The van der Waals surface area contributed by atoms with E-state index in [2.05, 4.69) is 44.5 Å². The molecule has 1 heterocycles. The molecule has 0 spiro atoms. The lowest BCUT2D eigenvalue weighted by atomic mass is 10.2. The lowest BCUT2D eigenvalue weighted by Crippen LogP contribution is -2.38. The van der Waals surface area contributed by atoms with Gasteiger partial charge in [-0.2, -0.15) is 0 Å². The molecule has 2 N–H and O–H groups in total. The first-order valence-electron chi connectivity index (χ1n) is 9.42. The molecule has 0 unspecified atom stereocenters. The maximum absolute atomic E-state index is 6.08. The Kier molecular flexibility index (Phi) is 9.93. The van der Waals surface area contributed by atoms with Crippen LogP contribution in [-0.4, -0.2) is 27.3 Å². The largest absolute Gasteiger partial charge is 0.355 e. The molecular formula is C21H26ClIN6. The SMILES string of the molecule is CCc1nncn1CCNC(=NCc1cccc(Cl)c1)NCc1ccccc1.I. The van der Waals surface area contributed by atoms with Gasteiger partial charge in [-0.25, -0.2) is 4.99 Å². The van der Waals surface area contributed by atoms with Crippen molar-refractivity contribution in [1.29, 1.82) is 0 Å². The molecule has 0 saturated heterocycles. The van der Waals surface area contributed by atoms with Crippen molar-refractivity contribution >= 4 is 41.5 Å². The van der Waals surface area contributed by atoms with Crippen LogP contribution >= 0.6 is 35.6 Å². The number of aromatic nitrogens is 3. The normalized spacial score (nSPS) is 11.0. The van der Waals surface area contributed by atoms with Gasteiger partial charge in [0.15, 0.2) is 5.96 Å². The Hall–Kier alpha value is -2.13. The van der Waals surface area contributed by atoms with Crippen LogP contribution in [0.15, 0.2) is 65.9 Å². The number of nitrogens with zero attached hydrogens (tertiary/aromatic N) is 4. The number of aliphatic imine (C=N–C) groups is 1. The van der Waals surface area contributed by atoms with Gasteiger partial charge in [-0.05, 0) is 23.3 Å². The van der Waals surface area contributed by atoms with Gasteiger partial charge in [0.1, 0.15) is 12.2 Å². The zero-order valence-electron chi connectivity index (χ0n) is 16.4. The van der Waals surface area contributed by atoms with Crippen LogP contribution in [0.1, 0.15) is 23.9 Å². The number of hydrogen-bond acceptors (Lipinski definition) is 3. The lowest BCUT2D eigenvalue weighted by molar-refractivity contribution is 0.631. The van der Waals surface area contributed by atoms with Crippen LogP contribution in [0.4, 0.5) is 0 Å². The standard InChI is InChI=1S/C21H25ClN6.HI/c1-2-20-27-26-16-28(20)12-11-23-21(24-14-17-7-4-3-5-8-17)25-15-18-9-6-10-19(22)13-18;/h3-10,13,16H,2,11-12,14-15H2,1H3,(H2,23,24,25);1H. The molecule has 6 nitrogen and oxygen atoms in total. The molecule has 3 rings (SSSR count). The highest BCUT2D eigenvalue weighted by molar-refractivity contribution is 14.0. The highest BCUT2D eigenvalue weighted by Crippen LogP contribution is 2.11. The third-order valence-electron chi connectivity index (χ3n) is 4.27. The van der Waals surface area contributed by atoms with E-state index in [0.717, 1.165) is 41.9 Å². The summed E-state index contributed by atoms with van der Waals surface area (Å²) in [6, 6.07) is 18.0. The average molecular weight is 525 g/mol. The first-order valence-corrected chi connectivity index (χ1v) is 9.79. The number of guanidine groups is 1. The summed E-state index contributed by atoms with van der Waals surface area (Å²) in [7, 11) is 0. The topological polar surface area (TPSA) is 67.1 Å². The van der Waals surface area contributed by atoms with Gasteiger partial charge in [0.2, 0.25) is 0 Å². The Labute approximate surface area is 193 Å². The summed E-state index contributed by atoms with van der Waals surface area (Å²) in [6.07, 6.45) is 2.63. The van der Waals surface area contributed by atoms with E-state index < -0.39 is 0 Å². The van der Waals surface area contributed by atoms with E-state index in [9.17, 15) is 0 Å². The molecule has 0 saturated carbocycles. The number of rotatable bonds is 8. The first kappa shape index (κ1) is 23.2. The zero-order chi connectivity index (χ0) is 19.6. The zero-order valence-corrected chi connectivity index (χ0v) is 19.5. The van der Waals surface area contributed by atoms with Crippen LogP contribution in [0, 0.1) is 0 Å². The molecular weight excluding hydrogens is 499 g/mol. The van der Waals surface area contributed by atoms with Crippen molar-refractivity contribution in [3.05, 3.63) is 82.9 Å². The maximum atomic E-state index is 6.08. The number of nitrogens with one attached hydrogen (secondary N) is 2. The molecule has 0 fully saturated rings. The van der Waals surface area contributed by atoms with E-state index in [-0.39, 0.29) is 24.0 Å². The van der Waals surface area contributed by atoms with Crippen molar-refractivity contribution in [1.82, 2.24) is 25.4 Å². The molecule has 8 heteroatoms. The van der Waals surface area contributed by atoms with Gasteiger partial charge in [0, 0.05) is 31.1 Å². The van der Waals surface area contributed by atoms with Gasteiger partial charge in [-0.3, -0.25) is 0 Å². The van der Waals surface area contributed by atoms with E-state index in [1.807, 2.05) is 42.5 Å². The Morgan fingerprint density at radius 3 is 2.62 bits per heavy atom. The summed E-state index contributed by atoms with van der Waals surface area (Å²) >= 11 is 6.08. The van der Waals surface area contributed by atoms with Crippen LogP contribution < -0.4 is 10.6 Å². The van der Waals surface area contributed by atoms with Crippen LogP contribution in [0.3, 0.4) is 0 Å². The molecule has 0 amide bonds. The monoisotopic (exact) mass is 524 g/mol.